The number of aryl methyl sites for hydroxylation is 2. The summed E-state index contributed by atoms with van der Waals surface area (Å²) in [7, 11) is -3.57. The van der Waals surface area contributed by atoms with Crippen LogP contribution in [0.2, 0.25) is 0 Å². The Kier molecular flexibility index (Phi) is 8.39. The molecule has 33 heavy (non-hydrogen) atoms. The fourth-order valence-corrected chi connectivity index (χ4v) is 5.43. The van der Waals surface area contributed by atoms with Crippen molar-refractivity contribution in [3.63, 3.8) is 0 Å². The molecule has 2 aromatic rings. The Hall–Kier alpha value is -2.56. The number of amides is 1. The molecule has 0 bridgehead atoms. The van der Waals surface area contributed by atoms with Crippen molar-refractivity contribution >= 4 is 15.9 Å². The van der Waals surface area contributed by atoms with Crippen LogP contribution in [0, 0.1) is 13.8 Å². The lowest BCUT2D eigenvalue weighted by Crippen LogP contribution is -2.51. The number of benzene rings is 2. The first-order valence-electron chi connectivity index (χ1n) is 10.8. The van der Waals surface area contributed by atoms with E-state index in [0.29, 0.717) is 44.0 Å². The Morgan fingerprint density at radius 3 is 2.36 bits per heavy atom. The molecule has 0 unspecified atom stereocenters. The first-order valence-corrected chi connectivity index (χ1v) is 12.2. The van der Waals surface area contributed by atoms with Gasteiger partial charge in [-0.15, -0.1) is 0 Å². The lowest BCUT2D eigenvalue weighted by Gasteiger charge is -2.33. The van der Waals surface area contributed by atoms with Crippen LogP contribution in [0.1, 0.15) is 16.7 Å². The Morgan fingerprint density at radius 2 is 1.73 bits per heavy atom. The summed E-state index contributed by atoms with van der Waals surface area (Å²) in [5.41, 5.74) is 2.51. The molecule has 1 amide bonds. The molecule has 1 fully saturated rings. The highest BCUT2D eigenvalue weighted by Gasteiger charge is 2.30. The van der Waals surface area contributed by atoms with Crippen molar-refractivity contribution in [2.75, 3.05) is 39.3 Å². The van der Waals surface area contributed by atoms with E-state index in [2.05, 4.69) is 10.1 Å². The Bertz CT molecular complexity index is 1050. The van der Waals surface area contributed by atoms with Gasteiger partial charge in [0.15, 0.2) is 0 Å². The van der Waals surface area contributed by atoms with Crippen LogP contribution in [0.3, 0.4) is 0 Å². The fraction of sp³-hybridized carbons (Fsp3) is 0.435. The summed E-state index contributed by atoms with van der Waals surface area (Å²) in [6.07, 6.45) is 0.558. The lowest BCUT2D eigenvalue weighted by atomic mass is 10.1. The van der Waals surface area contributed by atoms with Crippen LogP contribution < -0.4 is 10.1 Å². The zero-order valence-corrected chi connectivity index (χ0v) is 19.6. The van der Waals surface area contributed by atoms with E-state index in [1.54, 1.807) is 25.1 Å². The number of carbonyl (C=O) groups excluding carboxylic acids is 1. The monoisotopic (exact) mass is 481 g/mol. The molecule has 0 atom stereocenters. The number of piperazine rings is 1. The van der Waals surface area contributed by atoms with Gasteiger partial charge in [-0.2, -0.15) is 13.1 Å². The van der Waals surface area contributed by atoms with Crippen molar-refractivity contribution < 1.29 is 26.7 Å². The molecule has 10 heteroatoms. The van der Waals surface area contributed by atoms with Gasteiger partial charge in [0.05, 0.1) is 11.4 Å². The van der Waals surface area contributed by atoms with Gasteiger partial charge in [-0.05, 0) is 55.2 Å². The third kappa shape index (κ3) is 6.96. The van der Waals surface area contributed by atoms with Crippen LogP contribution >= 0.6 is 0 Å². The summed E-state index contributed by atoms with van der Waals surface area (Å²) in [5, 5.41) is 2.84. The topological polar surface area (TPSA) is 79.0 Å². The summed E-state index contributed by atoms with van der Waals surface area (Å²) < 4.78 is 56.2. The number of nitrogens with zero attached hydrogens (tertiary/aromatic N) is 2. The summed E-state index contributed by atoms with van der Waals surface area (Å²) in [5.74, 6) is -0.0463. The standard InChI is InChI=1S/C23H29F2N3O4S/c1-17-3-4-18(2)21(15-17)33(30,31)28-13-11-27(12-14-28)16-22(29)26-10-9-19-5-7-20(8-6-19)32-23(24)25/h3-8,15,23H,9-14,16H2,1-2H3,(H,26,29). The van der Waals surface area contributed by atoms with E-state index in [0.717, 1.165) is 16.7 Å². The predicted octanol–water partition coefficient (Wildman–Crippen LogP) is 2.57. The molecule has 1 N–H and O–H groups in total. The van der Waals surface area contributed by atoms with E-state index in [4.69, 9.17) is 0 Å². The van der Waals surface area contributed by atoms with E-state index < -0.39 is 16.6 Å². The first-order chi connectivity index (χ1) is 15.6. The van der Waals surface area contributed by atoms with Crippen LogP contribution in [0.5, 0.6) is 5.75 Å². The Labute approximate surface area is 193 Å². The van der Waals surface area contributed by atoms with E-state index >= 15 is 0 Å². The number of hydrogen-bond donors (Lipinski definition) is 1. The zero-order valence-electron chi connectivity index (χ0n) is 18.8. The molecular formula is C23H29F2N3O4S. The Morgan fingerprint density at radius 1 is 1.06 bits per heavy atom. The van der Waals surface area contributed by atoms with Crippen molar-refractivity contribution in [2.24, 2.45) is 0 Å². The van der Waals surface area contributed by atoms with Gasteiger partial charge in [-0.3, -0.25) is 9.69 Å². The summed E-state index contributed by atoms with van der Waals surface area (Å²) in [4.78, 5) is 14.5. The number of alkyl halides is 2. The van der Waals surface area contributed by atoms with Gasteiger partial charge in [-0.25, -0.2) is 8.42 Å². The van der Waals surface area contributed by atoms with Crippen molar-refractivity contribution in [1.82, 2.24) is 14.5 Å². The summed E-state index contributed by atoms with van der Waals surface area (Å²) in [6, 6.07) is 11.7. The number of halogens is 2. The molecule has 1 heterocycles. The summed E-state index contributed by atoms with van der Waals surface area (Å²) >= 11 is 0. The minimum atomic E-state index is -3.57. The van der Waals surface area contributed by atoms with Gasteiger partial charge in [0.1, 0.15) is 5.75 Å². The van der Waals surface area contributed by atoms with Crippen molar-refractivity contribution in [3.8, 4) is 5.75 Å². The quantitative estimate of drug-likeness (QED) is 0.596. The highest BCUT2D eigenvalue weighted by atomic mass is 32.2. The first kappa shape index (κ1) is 25.1. The summed E-state index contributed by atoms with van der Waals surface area (Å²) in [6.45, 7) is 3.01. The largest absolute Gasteiger partial charge is 0.435 e. The molecule has 0 saturated carbocycles. The van der Waals surface area contributed by atoms with Gasteiger partial charge < -0.3 is 10.1 Å². The van der Waals surface area contributed by atoms with Crippen molar-refractivity contribution in [3.05, 3.63) is 59.2 Å². The lowest BCUT2D eigenvalue weighted by molar-refractivity contribution is -0.122. The average Bonchev–Trinajstić information content (AvgIpc) is 2.76. The molecule has 7 nitrogen and oxygen atoms in total. The minimum absolute atomic E-state index is 0.0940. The smallest absolute Gasteiger partial charge is 0.387 e. The van der Waals surface area contributed by atoms with Crippen molar-refractivity contribution in [1.29, 1.82) is 0 Å². The normalized spacial score (nSPS) is 15.5. The van der Waals surface area contributed by atoms with E-state index in [9.17, 15) is 22.0 Å². The third-order valence-electron chi connectivity index (χ3n) is 5.54. The molecule has 0 radical (unpaired) electrons. The number of rotatable bonds is 9. The molecule has 1 aliphatic rings. The van der Waals surface area contributed by atoms with Crippen LogP contribution in [-0.4, -0.2) is 69.4 Å². The van der Waals surface area contributed by atoms with E-state index in [1.807, 2.05) is 24.0 Å². The highest BCUT2D eigenvalue weighted by molar-refractivity contribution is 7.89. The molecule has 0 aliphatic carbocycles. The third-order valence-corrected chi connectivity index (χ3v) is 7.58. The average molecular weight is 482 g/mol. The molecular weight excluding hydrogens is 452 g/mol. The molecule has 1 aliphatic heterocycles. The number of sulfonamides is 1. The second-order valence-electron chi connectivity index (χ2n) is 8.07. The molecule has 0 spiro atoms. The second kappa shape index (κ2) is 11.0. The molecule has 0 aromatic heterocycles. The number of nitrogens with one attached hydrogen (secondary N) is 1. The Balaban J connectivity index is 1.42. The molecule has 1 saturated heterocycles. The van der Waals surface area contributed by atoms with E-state index in [-0.39, 0.29) is 18.2 Å². The molecule has 2 aromatic carbocycles. The van der Waals surface area contributed by atoms with Crippen LogP contribution in [0.15, 0.2) is 47.4 Å². The van der Waals surface area contributed by atoms with Crippen molar-refractivity contribution in [2.45, 2.75) is 31.8 Å². The van der Waals surface area contributed by atoms with Gasteiger partial charge in [0, 0.05) is 32.7 Å². The zero-order chi connectivity index (χ0) is 24.0. The van der Waals surface area contributed by atoms with Crippen LogP contribution in [-0.2, 0) is 21.2 Å². The number of ether oxygens (including phenoxy) is 1. The molecule has 3 rings (SSSR count). The minimum Gasteiger partial charge on any atom is -0.435 e. The van der Waals surface area contributed by atoms with Crippen LogP contribution in [0.25, 0.3) is 0 Å². The van der Waals surface area contributed by atoms with Gasteiger partial charge in [0.25, 0.3) is 0 Å². The maximum atomic E-state index is 13.0. The van der Waals surface area contributed by atoms with Gasteiger partial charge in [0.2, 0.25) is 15.9 Å². The maximum absolute atomic E-state index is 13.0. The van der Waals surface area contributed by atoms with E-state index in [1.165, 1.54) is 16.4 Å². The number of carbonyl (C=O) groups is 1. The van der Waals surface area contributed by atoms with Crippen LogP contribution in [0.4, 0.5) is 8.78 Å². The SMILES string of the molecule is Cc1ccc(C)c(S(=O)(=O)N2CCN(CC(=O)NCCc3ccc(OC(F)F)cc3)CC2)c1. The van der Waals surface area contributed by atoms with Gasteiger partial charge >= 0.3 is 6.61 Å². The van der Waals surface area contributed by atoms with Gasteiger partial charge in [-0.1, -0.05) is 24.3 Å². The molecule has 180 valence electrons. The highest BCUT2D eigenvalue weighted by Crippen LogP contribution is 2.22. The number of hydrogen-bond acceptors (Lipinski definition) is 5. The second-order valence-corrected chi connectivity index (χ2v) is 9.98. The predicted molar refractivity (Wildman–Crippen MR) is 121 cm³/mol. The maximum Gasteiger partial charge on any atom is 0.387 e. The fourth-order valence-electron chi connectivity index (χ4n) is 3.70.